The summed E-state index contributed by atoms with van der Waals surface area (Å²) in [5, 5.41) is 13.4. The van der Waals surface area contributed by atoms with E-state index in [1.165, 1.54) is 4.90 Å². The van der Waals surface area contributed by atoms with Crippen LogP contribution in [0.1, 0.15) is 64.8 Å². The minimum atomic E-state index is -0.938. The van der Waals surface area contributed by atoms with Crippen LogP contribution in [0.15, 0.2) is 6.20 Å². The summed E-state index contributed by atoms with van der Waals surface area (Å²) < 4.78 is 27.2. The van der Waals surface area contributed by atoms with Crippen molar-refractivity contribution in [2.24, 2.45) is 0 Å². The van der Waals surface area contributed by atoms with Crippen molar-refractivity contribution in [3.05, 3.63) is 23.3 Å². The molecule has 5 rings (SSSR count). The number of anilines is 1. The Hall–Kier alpha value is -3.37. The molecule has 5 unspecified atom stereocenters. The summed E-state index contributed by atoms with van der Waals surface area (Å²) in [6.07, 6.45) is 0.636. The average Bonchev–Trinajstić information content (AvgIpc) is 3.01. The molecule has 2 aromatic rings. The summed E-state index contributed by atoms with van der Waals surface area (Å²) in [5.41, 5.74) is 0.390. The molecule has 0 spiro atoms. The lowest BCUT2D eigenvalue weighted by Gasteiger charge is -2.47. The summed E-state index contributed by atoms with van der Waals surface area (Å²) in [7, 11) is 0. The number of hydrogen-bond acceptors (Lipinski definition) is 7. The van der Waals surface area contributed by atoms with Crippen LogP contribution in [0.3, 0.4) is 0 Å². The number of hydrogen-bond donors (Lipinski definition) is 2. The van der Waals surface area contributed by atoms with Crippen molar-refractivity contribution in [2.75, 3.05) is 11.4 Å². The van der Waals surface area contributed by atoms with Crippen LogP contribution in [0, 0.1) is 12.7 Å². The maximum Gasteiger partial charge on any atom is 0.408 e. The molecule has 2 N–H and O–H groups in total. The molecule has 3 aliphatic rings. The summed E-state index contributed by atoms with van der Waals surface area (Å²) in [4.78, 5) is 37.3. The molecule has 2 aromatic heterocycles. The van der Waals surface area contributed by atoms with Gasteiger partial charge in [-0.05, 0) is 54.4 Å². The second-order valence-corrected chi connectivity index (χ2v) is 10.9. The molecule has 2 bridgehead atoms. The van der Waals surface area contributed by atoms with Crippen molar-refractivity contribution in [3.8, 4) is 5.88 Å². The van der Waals surface area contributed by atoms with Gasteiger partial charge in [-0.3, -0.25) is 4.90 Å². The molecule has 3 aliphatic heterocycles. The van der Waals surface area contributed by atoms with Crippen molar-refractivity contribution in [2.45, 2.75) is 90.3 Å². The van der Waals surface area contributed by atoms with E-state index in [1.54, 1.807) is 34.6 Å². The molecule has 194 valence electrons. The van der Waals surface area contributed by atoms with Gasteiger partial charge < -0.3 is 24.8 Å². The molecule has 11 heteroatoms. The van der Waals surface area contributed by atoms with Crippen LogP contribution in [-0.2, 0) is 4.74 Å². The van der Waals surface area contributed by atoms with Crippen LogP contribution in [0.4, 0.5) is 19.8 Å². The lowest BCUT2D eigenvalue weighted by Crippen LogP contribution is -2.64. The molecule has 2 fully saturated rings. The lowest BCUT2D eigenvalue weighted by atomic mass is 9.96. The van der Waals surface area contributed by atoms with Gasteiger partial charge in [0.15, 0.2) is 0 Å². The zero-order valence-corrected chi connectivity index (χ0v) is 21.3. The monoisotopic (exact) mass is 501 g/mol. The number of carbonyl (C=O) groups excluding carboxylic acids is 1. The highest BCUT2D eigenvalue weighted by Gasteiger charge is 2.53. The normalized spacial score (nSPS) is 25.6. The van der Waals surface area contributed by atoms with Crippen molar-refractivity contribution in [1.82, 2.24) is 20.2 Å². The Bertz CT molecular complexity index is 1250. The van der Waals surface area contributed by atoms with E-state index < -0.39 is 35.8 Å². The number of pyridine rings is 2. The highest BCUT2D eigenvalue weighted by molar-refractivity contribution is 6.00. The number of amides is 2. The van der Waals surface area contributed by atoms with Gasteiger partial charge >= 0.3 is 12.2 Å². The number of ether oxygens (including phenoxy) is 2. The fraction of sp³-hybridized carbons (Fsp3) is 0.600. The Balaban J connectivity index is 1.64. The first-order chi connectivity index (χ1) is 16.9. The number of nitrogens with one attached hydrogen (secondary N) is 1. The number of alkyl carbamates (subject to hydrolysis) is 1. The van der Waals surface area contributed by atoms with Crippen LogP contribution in [0.5, 0.6) is 5.88 Å². The molecule has 5 atom stereocenters. The Kier molecular flexibility index (Phi) is 5.64. The summed E-state index contributed by atoms with van der Waals surface area (Å²) in [6.45, 7) is 11.2. The zero-order chi connectivity index (χ0) is 26.1. The number of carboxylic acid groups (broad SMARTS) is 1. The first-order valence-corrected chi connectivity index (χ1v) is 12.3. The zero-order valence-electron chi connectivity index (χ0n) is 21.3. The lowest BCUT2D eigenvalue weighted by molar-refractivity contribution is 0.0507. The van der Waals surface area contributed by atoms with E-state index in [0.29, 0.717) is 29.0 Å². The number of rotatable bonds is 2. The molecule has 0 aliphatic carbocycles. The smallest absolute Gasteiger partial charge is 0.408 e. The molecule has 0 saturated carbocycles. The van der Waals surface area contributed by atoms with Gasteiger partial charge in [-0.1, -0.05) is 0 Å². The third kappa shape index (κ3) is 3.84. The number of aromatic nitrogens is 2. The largest absolute Gasteiger partial charge is 0.472 e. The van der Waals surface area contributed by atoms with Crippen LogP contribution in [-0.4, -0.2) is 68.5 Å². The summed E-state index contributed by atoms with van der Waals surface area (Å²) in [6, 6.07) is -1.35. The van der Waals surface area contributed by atoms with Gasteiger partial charge in [0.1, 0.15) is 23.3 Å². The van der Waals surface area contributed by atoms with Crippen LogP contribution < -0.4 is 15.0 Å². The fourth-order valence-electron chi connectivity index (χ4n) is 6.10. The van der Waals surface area contributed by atoms with Crippen LogP contribution >= 0.6 is 0 Å². The summed E-state index contributed by atoms with van der Waals surface area (Å²) >= 11 is 0. The number of carbonyl (C=O) groups is 2. The SMILES string of the molecule is Cc1nc2c3c(ncc(F)c3c1C(C)NC(=O)OC(C)(C)C)OC(C)C1C3CCC(CN21)N3C(=O)O. The Morgan fingerprint density at radius 3 is 2.69 bits per heavy atom. The topological polar surface area (TPSA) is 117 Å². The van der Waals surface area contributed by atoms with E-state index in [0.717, 1.165) is 19.0 Å². The number of nitrogens with zero attached hydrogens (tertiary/aromatic N) is 4. The molecule has 2 saturated heterocycles. The number of aryl methyl sites for hydroxylation is 1. The van der Waals surface area contributed by atoms with E-state index in [9.17, 15) is 14.7 Å². The van der Waals surface area contributed by atoms with Gasteiger partial charge in [0.05, 0.1) is 35.8 Å². The quantitative estimate of drug-likeness (QED) is 0.631. The van der Waals surface area contributed by atoms with Crippen molar-refractivity contribution >= 4 is 28.8 Å². The standard InChI is InChI=1S/C25H32FN5O5/c1-11-17(12(2)29-23(32)36-25(4,5)6)18-15(26)9-27-22-19(18)21(28-11)30-10-14-7-8-16(31(14)24(33)34)20(30)13(3)35-22/h9,12-14,16,20H,7-8,10H2,1-6H3,(H,29,32)(H,33,34). The Morgan fingerprint density at radius 1 is 1.31 bits per heavy atom. The minimum Gasteiger partial charge on any atom is -0.472 e. The first kappa shape index (κ1) is 24.3. The van der Waals surface area contributed by atoms with E-state index >= 15 is 4.39 Å². The Morgan fingerprint density at radius 2 is 2.03 bits per heavy atom. The van der Waals surface area contributed by atoms with E-state index in [-0.39, 0.29) is 29.4 Å². The van der Waals surface area contributed by atoms with Gasteiger partial charge in [0.2, 0.25) is 5.88 Å². The van der Waals surface area contributed by atoms with Crippen LogP contribution in [0.25, 0.3) is 10.8 Å². The highest BCUT2D eigenvalue weighted by Crippen LogP contribution is 2.46. The molecule has 10 nitrogen and oxygen atoms in total. The summed E-state index contributed by atoms with van der Waals surface area (Å²) in [5.74, 6) is 0.239. The molecular weight excluding hydrogens is 469 g/mol. The van der Waals surface area contributed by atoms with E-state index in [2.05, 4.69) is 15.2 Å². The molecule has 2 amide bonds. The maximum atomic E-state index is 15.5. The van der Waals surface area contributed by atoms with Gasteiger partial charge in [-0.2, -0.15) is 0 Å². The third-order valence-electron chi connectivity index (χ3n) is 7.30. The first-order valence-electron chi connectivity index (χ1n) is 12.3. The molecular formula is C25H32FN5O5. The van der Waals surface area contributed by atoms with Gasteiger partial charge in [0, 0.05) is 23.2 Å². The molecule has 0 aromatic carbocycles. The second kappa shape index (κ2) is 8.35. The van der Waals surface area contributed by atoms with Crippen molar-refractivity contribution in [1.29, 1.82) is 0 Å². The average molecular weight is 502 g/mol. The van der Waals surface area contributed by atoms with Gasteiger partial charge in [-0.25, -0.2) is 23.9 Å². The minimum absolute atomic E-state index is 0.177. The second-order valence-electron chi connectivity index (χ2n) is 10.9. The van der Waals surface area contributed by atoms with Gasteiger partial charge in [-0.15, -0.1) is 0 Å². The number of fused-ring (bicyclic) bond motifs is 5. The highest BCUT2D eigenvalue weighted by atomic mass is 19.1. The predicted octanol–water partition coefficient (Wildman–Crippen LogP) is 4.14. The van der Waals surface area contributed by atoms with E-state index in [1.807, 2.05) is 6.92 Å². The van der Waals surface area contributed by atoms with E-state index in [4.69, 9.17) is 14.5 Å². The van der Waals surface area contributed by atoms with Crippen molar-refractivity contribution in [3.63, 3.8) is 0 Å². The predicted molar refractivity (Wildman–Crippen MR) is 130 cm³/mol. The van der Waals surface area contributed by atoms with Gasteiger partial charge in [0.25, 0.3) is 0 Å². The molecule has 36 heavy (non-hydrogen) atoms. The molecule has 5 heterocycles. The molecule has 0 radical (unpaired) electrons. The maximum absolute atomic E-state index is 15.5. The number of halogens is 1. The number of piperazine rings is 1. The van der Waals surface area contributed by atoms with Crippen LogP contribution in [0.2, 0.25) is 0 Å². The Labute approximate surface area is 208 Å². The third-order valence-corrected chi connectivity index (χ3v) is 7.30. The fourth-order valence-corrected chi connectivity index (χ4v) is 6.10. The van der Waals surface area contributed by atoms with Crippen molar-refractivity contribution < 1.29 is 28.6 Å².